The summed E-state index contributed by atoms with van der Waals surface area (Å²) in [6.45, 7) is 0.446. The van der Waals surface area contributed by atoms with E-state index in [1.165, 1.54) is 0 Å². The van der Waals surface area contributed by atoms with Crippen molar-refractivity contribution in [1.29, 1.82) is 0 Å². The van der Waals surface area contributed by atoms with Crippen LogP contribution in [0.1, 0.15) is 16.1 Å². The highest BCUT2D eigenvalue weighted by atomic mass is 16.3. The SMILES string of the molecule is CN(Cc1ccco1)C(=O)c1ccc(N(C)C)nc1. The predicted molar refractivity (Wildman–Crippen MR) is 73.1 cm³/mol. The molecule has 0 N–H and O–H groups in total. The van der Waals surface area contributed by atoms with E-state index in [4.69, 9.17) is 4.42 Å². The molecular weight excluding hydrogens is 242 g/mol. The predicted octanol–water partition coefficient (Wildman–Crippen LogP) is 2.01. The van der Waals surface area contributed by atoms with E-state index >= 15 is 0 Å². The average molecular weight is 259 g/mol. The summed E-state index contributed by atoms with van der Waals surface area (Å²) in [6, 6.07) is 7.26. The maximum atomic E-state index is 12.2. The number of carbonyl (C=O) groups is 1. The zero-order chi connectivity index (χ0) is 13.8. The Hall–Kier alpha value is -2.30. The number of nitrogens with zero attached hydrogens (tertiary/aromatic N) is 3. The van der Waals surface area contributed by atoms with Gasteiger partial charge in [0.1, 0.15) is 11.6 Å². The molecule has 2 aromatic heterocycles. The van der Waals surface area contributed by atoms with Gasteiger partial charge in [-0.25, -0.2) is 4.98 Å². The molecule has 0 radical (unpaired) electrons. The van der Waals surface area contributed by atoms with Gasteiger partial charge in [-0.2, -0.15) is 0 Å². The maximum Gasteiger partial charge on any atom is 0.255 e. The molecule has 100 valence electrons. The van der Waals surface area contributed by atoms with Gasteiger partial charge in [-0.05, 0) is 24.3 Å². The second kappa shape index (κ2) is 5.56. The molecule has 19 heavy (non-hydrogen) atoms. The molecule has 0 bridgehead atoms. The van der Waals surface area contributed by atoms with Crippen LogP contribution >= 0.6 is 0 Å². The molecule has 0 aliphatic carbocycles. The number of rotatable bonds is 4. The van der Waals surface area contributed by atoms with Crippen molar-refractivity contribution in [1.82, 2.24) is 9.88 Å². The van der Waals surface area contributed by atoms with Gasteiger partial charge in [0.05, 0.1) is 18.4 Å². The van der Waals surface area contributed by atoms with Gasteiger partial charge in [0, 0.05) is 27.3 Å². The van der Waals surface area contributed by atoms with Crippen molar-refractivity contribution in [2.75, 3.05) is 26.0 Å². The molecule has 0 spiro atoms. The van der Waals surface area contributed by atoms with Crippen LogP contribution in [-0.4, -0.2) is 36.9 Å². The smallest absolute Gasteiger partial charge is 0.255 e. The number of furan rings is 1. The molecule has 2 heterocycles. The van der Waals surface area contributed by atoms with Crippen LogP contribution in [0.3, 0.4) is 0 Å². The largest absolute Gasteiger partial charge is 0.467 e. The fourth-order valence-electron chi connectivity index (χ4n) is 1.71. The molecule has 0 saturated carbocycles. The average Bonchev–Trinajstić information content (AvgIpc) is 2.90. The van der Waals surface area contributed by atoms with Gasteiger partial charge in [-0.15, -0.1) is 0 Å². The lowest BCUT2D eigenvalue weighted by Crippen LogP contribution is -2.26. The number of aromatic nitrogens is 1. The molecule has 0 aliphatic heterocycles. The van der Waals surface area contributed by atoms with Crippen molar-refractivity contribution >= 4 is 11.7 Å². The Morgan fingerprint density at radius 2 is 2.05 bits per heavy atom. The summed E-state index contributed by atoms with van der Waals surface area (Å²) >= 11 is 0. The first-order valence-corrected chi connectivity index (χ1v) is 5.99. The molecule has 5 nitrogen and oxygen atoms in total. The first-order chi connectivity index (χ1) is 9.08. The lowest BCUT2D eigenvalue weighted by atomic mass is 10.2. The molecule has 1 amide bonds. The second-order valence-electron chi connectivity index (χ2n) is 4.54. The molecule has 0 fully saturated rings. The summed E-state index contributed by atoms with van der Waals surface area (Å²) in [6.07, 6.45) is 3.19. The molecule has 2 aromatic rings. The quantitative estimate of drug-likeness (QED) is 0.842. The highest BCUT2D eigenvalue weighted by Gasteiger charge is 2.13. The summed E-state index contributed by atoms with van der Waals surface area (Å²) in [7, 11) is 5.56. The van der Waals surface area contributed by atoms with Crippen LogP contribution in [-0.2, 0) is 6.54 Å². The minimum absolute atomic E-state index is 0.0748. The zero-order valence-electron chi connectivity index (χ0n) is 11.3. The zero-order valence-corrected chi connectivity index (χ0v) is 11.3. The molecule has 5 heteroatoms. The van der Waals surface area contributed by atoms with Gasteiger partial charge < -0.3 is 14.2 Å². The number of pyridine rings is 1. The summed E-state index contributed by atoms with van der Waals surface area (Å²) in [5, 5.41) is 0. The molecular formula is C14H17N3O2. The van der Waals surface area contributed by atoms with Gasteiger partial charge in [0.15, 0.2) is 0 Å². The van der Waals surface area contributed by atoms with Crippen molar-refractivity contribution in [3.8, 4) is 0 Å². The maximum absolute atomic E-state index is 12.2. The van der Waals surface area contributed by atoms with Crippen LogP contribution in [0.5, 0.6) is 0 Å². The molecule has 0 aromatic carbocycles. The Labute approximate surface area is 112 Å². The number of anilines is 1. The van der Waals surface area contributed by atoms with Crippen LogP contribution in [0.2, 0.25) is 0 Å². The Bertz CT molecular complexity index is 532. The first kappa shape index (κ1) is 13.1. The lowest BCUT2D eigenvalue weighted by molar-refractivity contribution is 0.0775. The van der Waals surface area contributed by atoms with E-state index in [2.05, 4.69) is 4.98 Å². The molecule has 0 aliphatic rings. The highest BCUT2D eigenvalue weighted by molar-refractivity contribution is 5.93. The van der Waals surface area contributed by atoms with Crippen molar-refractivity contribution in [2.24, 2.45) is 0 Å². The van der Waals surface area contributed by atoms with E-state index in [1.54, 1.807) is 36.5 Å². The van der Waals surface area contributed by atoms with Gasteiger partial charge >= 0.3 is 0 Å². The first-order valence-electron chi connectivity index (χ1n) is 5.99. The Balaban J connectivity index is 2.06. The van der Waals surface area contributed by atoms with Gasteiger partial charge in [-0.3, -0.25) is 4.79 Å². The molecule has 0 unspecified atom stereocenters. The third-order valence-corrected chi connectivity index (χ3v) is 2.77. The Kier molecular flexibility index (Phi) is 3.85. The van der Waals surface area contributed by atoms with E-state index in [0.717, 1.165) is 11.6 Å². The van der Waals surface area contributed by atoms with E-state index in [1.807, 2.05) is 31.1 Å². The van der Waals surface area contributed by atoms with Crippen molar-refractivity contribution in [2.45, 2.75) is 6.54 Å². The highest BCUT2D eigenvalue weighted by Crippen LogP contribution is 2.11. The molecule has 0 saturated heterocycles. The molecule has 2 rings (SSSR count). The van der Waals surface area contributed by atoms with E-state index in [-0.39, 0.29) is 5.91 Å². The third kappa shape index (κ3) is 3.13. The van der Waals surface area contributed by atoms with Crippen LogP contribution in [0.25, 0.3) is 0 Å². The summed E-state index contributed by atoms with van der Waals surface area (Å²) in [5.74, 6) is 1.51. The van der Waals surface area contributed by atoms with Gasteiger partial charge in [-0.1, -0.05) is 0 Å². The van der Waals surface area contributed by atoms with Gasteiger partial charge in [0.25, 0.3) is 5.91 Å². The fourth-order valence-corrected chi connectivity index (χ4v) is 1.71. The number of hydrogen-bond acceptors (Lipinski definition) is 4. The summed E-state index contributed by atoms with van der Waals surface area (Å²) in [4.78, 5) is 19.9. The normalized spacial score (nSPS) is 10.3. The number of amides is 1. The summed E-state index contributed by atoms with van der Waals surface area (Å²) < 4.78 is 5.22. The van der Waals surface area contributed by atoms with Crippen LogP contribution in [0.15, 0.2) is 41.1 Å². The van der Waals surface area contributed by atoms with E-state index < -0.39 is 0 Å². The second-order valence-corrected chi connectivity index (χ2v) is 4.54. The van der Waals surface area contributed by atoms with Crippen LogP contribution < -0.4 is 4.90 Å². The standard InChI is InChI=1S/C14H17N3O2/c1-16(2)13-7-6-11(9-15-13)14(18)17(3)10-12-5-4-8-19-12/h4-9H,10H2,1-3H3. The minimum atomic E-state index is -0.0748. The monoisotopic (exact) mass is 259 g/mol. The Morgan fingerprint density at radius 1 is 1.26 bits per heavy atom. The van der Waals surface area contributed by atoms with Gasteiger partial charge in [0.2, 0.25) is 0 Å². The lowest BCUT2D eigenvalue weighted by Gasteiger charge is -2.16. The van der Waals surface area contributed by atoms with E-state index in [0.29, 0.717) is 12.1 Å². The fraction of sp³-hybridized carbons (Fsp3) is 0.286. The topological polar surface area (TPSA) is 49.6 Å². The summed E-state index contributed by atoms with van der Waals surface area (Å²) in [5.41, 5.74) is 0.569. The van der Waals surface area contributed by atoms with Crippen molar-refractivity contribution in [3.63, 3.8) is 0 Å². The third-order valence-electron chi connectivity index (χ3n) is 2.77. The van der Waals surface area contributed by atoms with Crippen LogP contribution in [0.4, 0.5) is 5.82 Å². The van der Waals surface area contributed by atoms with Crippen molar-refractivity contribution in [3.05, 3.63) is 48.0 Å². The minimum Gasteiger partial charge on any atom is -0.467 e. The molecule has 0 atom stereocenters. The number of carbonyl (C=O) groups excluding carboxylic acids is 1. The van der Waals surface area contributed by atoms with Crippen LogP contribution in [0, 0.1) is 0 Å². The number of hydrogen-bond donors (Lipinski definition) is 0. The Morgan fingerprint density at radius 3 is 2.58 bits per heavy atom. The van der Waals surface area contributed by atoms with E-state index in [9.17, 15) is 4.79 Å². The van der Waals surface area contributed by atoms with Crippen molar-refractivity contribution < 1.29 is 9.21 Å².